The van der Waals surface area contributed by atoms with E-state index in [1.165, 1.54) is 57.8 Å². The van der Waals surface area contributed by atoms with Crippen LogP contribution >= 0.6 is 0 Å². The van der Waals surface area contributed by atoms with Crippen molar-refractivity contribution in [1.82, 2.24) is 0 Å². The van der Waals surface area contributed by atoms with Crippen LogP contribution < -0.4 is 0 Å². The highest BCUT2D eigenvalue weighted by Gasteiger charge is 2.54. The van der Waals surface area contributed by atoms with Crippen LogP contribution in [-0.2, 0) is 0 Å². The van der Waals surface area contributed by atoms with Gasteiger partial charge in [0.1, 0.15) is 0 Å². The predicted molar refractivity (Wildman–Crippen MR) is 168 cm³/mol. The van der Waals surface area contributed by atoms with Crippen LogP contribution in [0.2, 0.25) is 0 Å². The minimum Gasteiger partial charge on any atom is -0.0854 e. The van der Waals surface area contributed by atoms with E-state index < -0.39 is 0 Å². The van der Waals surface area contributed by atoms with Crippen LogP contribution in [-0.4, -0.2) is 0 Å². The molecule has 4 rings (SSSR count). The standard InChI is InChI=1S/C38H68/c1-12-24(3)37-33(32-18-13-23(2)14-19-32)20-16-26(5)36(37)31(10)34-22-38(11)28(7)17-15-25(4)27(6)21-35(38)30(9)29(34)8/h13,18,23-37H,12,14-17,19-22H2,1-11H3. The van der Waals surface area contributed by atoms with E-state index in [2.05, 4.69) is 88.3 Å². The lowest BCUT2D eigenvalue weighted by Crippen LogP contribution is -2.53. The molecule has 0 heterocycles. The summed E-state index contributed by atoms with van der Waals surface area (Å²) in [6.07, 6.45) is 18.3. The Kier molecular flexibility index (Phi) is 9.94. The van der Waals surface area contributed by atoms with Gasteiger partial charge in [-0.15, -0.1) is 0 Å². The zero-order valence-electron chi connectivity index (χ0n) is 27.7. The van der Waals surface area contributed by atoms with Gasteiger partial charge in [0.2, 0.25) is 0 Å². The maximum Gasteiger partial charge on any atom is -0.0202 e. The minimum atomic E-state index is 0.519. The Morgan fingerprint density at radius 3 is 2.05 bits per heavy atom. The Labute approximate surface area is 240 Å². The van der Waals surface area contributed by atoms with Gasteiger partial charge >= 0.3 is 0 Å². The number of allylic oxidation sites excluding steroid dienone is 2. The van der Waals surface area contributed by atoms with Gasteiger partial charge in [-0.25, -0.2) is 0 Å². The zero-order valence-corrected chi connectivity index (χ0v) is 27.7. The van der Waals surface area contributed by atoms with Gasteiger partial charge in [0.15, 0.2) is 0 Å². The van der Waals surface area contributed by atoms with Crippen molar-refractivity contribution < 1.29 is 0 Å². The third-order valence-corrected chi connectivity index (χ3v) is 14.8. The molecule has 0 aliphatic heterocycles. The molecule has 16 unspecified atom stereocenters. The number of hydrogen-bond acceptors (Lipinski definition) is 0. The SMILES string of the molecule is CCC(C)C1C(C2C=CC(C)CC2)CCC(C)C1C(C)C1CC2(C)C(C)CCC(C)C(C)CC2C(C)C1C. The smallest absolute Gasteiger partial charge is 0.0202 e. The van der Waals surface area contributed by atoms with Crippen molar-refractivity contribution in [3.05, 3.63) is 12.2 Å². The summed E-state index contributed by atoms with van der Waals surface area (Å²) in [5.41, 5.74) is 0.519. The summed E-state index contributed by atoms with van der Waals surface area (Å²) in [6.45, 7) is 28.9. The molecule has 0 aromatic rings. The molecule has 16 atom stereocenters. The van der Waals surface area contributed by atoms with Crippen molar-refractivity contribution in [1.29, 1.82) is 0 Å². The average molecular weight is 525 g/mol. The third-order valence-electron chi connectivity index (χ3n) is 14.8. The molecular weight excluding hydrogens is 456 g/mol. The molecule has 220 valence electrons. The second-order valence-corrected chi connectivity index (χ2v) is 16.6. The lowest BCUT2D eigenvalue weighted by Gasteiger charge is -2.60. The summed E-state index contributed by atoms with van der Waals surface area (Å²) in [4.78, 5) is 0. The summed E-state index contributed by atoms with van der Waals surface area (Å²) in [6, 6.07) is 0. The fourth-order valence-electron chi connectivity index (χ4n) is 11.2. The van der Waals surface area contributed by atoms with Crippen LogP contribution in [0.15, 0.2) is 12.2 Å². The van der Waals surface area contributed by atoms with Gasteiger partial charge in [-0.2, -0.15) is 0 Å². The topological polar surface area (TPSA) is 0 Å². The highest BCUT2D eigenvalue weighted by Crippen LogP contribution is 2.62. The third kappa shape index (κ3) is 5.73. The van der Waals surface area contributed by atoms with Gasteiger partial charge in [-0.1, -0.05) is 108 Å². The van der Waals surface area contributed by atoms with Crippen LogP contribution in [0.25, 0.3) is 0 Å². The van der Waals surface area contributed by atoms with Gasteiger partial charge < -0.3 is 0 Å². The van der Waals surface area contributed by atoms with E-state index in [-0.39, 0.29) is 0 Å². The van der Waals surface area contributed by atoms with Gasteiger partial charge in [0.05, 0.1) is 0 Å². The maximum atomic E-state index is 2.76. The van der Waals surface area contributed by atoms with Crippen LogP contribution in [0.1, 0.15) is 134 Å². The summed E-state index contributed by atoms with van der Waals surface area (Å²) in [5, 5.41) is 0. The molecule has 3 saturated carbocycles. The molecular formula is C38H68. The fraction of sp³-hybridized carbons (Fsp3) is 0.947. The molecule has 4 aliphatic rings. The molecule has 0 spiro atoms. The van der Waals surface area contributed by atoms with E-state index in [1.807, 2.05) is 0 Å². The highest BCUT2D eigenvalue weighted by atomic mass is 14.6. The molecule has 0 radical (unpaired) electrons. The van der Waals surface area contributed by atoms with E-state index >= 15 is 0 Å². The largest absolute Gasteiger partial charge is 0.0854 e. The Morgan fingerprint density at radius 1 is 0.737 bits per heavy atom. The van der Waals surface area contributed by atoms with Crippen molar-refractivity contribution in [3.8, 4) is 0 Å². The molecule has 38 heavy (non-hydrogen) atoms. The summed E-state index contributed by atoms with van der Waals surface area (Å²) < 4.78 is 0. The molecule has 0 heteroatoms. The van der Waals surface area contributed by atoms with Gasteiger partial charge in [0, 0.05) is 0 Å². The number of fused-ring (bicyclic) bond motifs is 1. The Bertz CT molecular complexity index is 779. The molecule has 0 nitrogen and oxygen atoms in total. The highest BCUT2D eigenvalue weighted by molar-refractivity contribution is 5.06. The van der Waals surface area contributed by atoms with Gasteiger partial charge in [-0.05, 0) is 133 Å². The Hall–Kier alpha value is -0.260. The summed E-state index contributed by atoms with van der Waals surface area (Å²) >= 11 is 0. The first-order chi connectivity index (χ1) is 17.9. The van der Waals surface area contributed by atoms with Crippen molar-refractivity contribution >= 4 is 0 Å². The van der Waals surface area contributed by atoms with E-state index in [9.17, 15) is 0 Å². The normalized spacial score (nSPS) is 51.9. The van der Waals surface area contributed by atoms with Crippen molar-refractivity contribution in [2.24, 2.45) is 94.2 Å². The molecule has 0 amide bonds. The predicted octanol–water partition coefficient (Wildman–Crippen LogP) is 11.6. The second-order valence-electron chi connectivity index (χ2n) is 16.6. The Balaban J connectivity index is 1.65. The van der Waals surface area contributed by atoms with Crippen molar-refractivity contribution in [2.75, 3.05) is 0 Å². The summed E-state index contributed by atoms with van der Waals surface area (Å²) in [7, 11) is 0. The van der Waals surface area contributed by atoms with Crippen LogP contribution in [0.5, 0.6) is 0 Å². The van der Waals surface area contributed by atoms with Crippen LogP contribution in [0, 0.1) is 94.2 Å². The average Bonchev–Trinajstić information content (AvgIpc) is 2.90. The first-order valence-electron chi connectivity index (χ1n) is 17.6. The van der Waals surface area contributed by atoms with E-state index in [4.69, 9.17) is 0 Å². The first-order valence-corrected chi connectivity index (χ1v) is 17.6. The summed E-state index contributed by atoms with van der Waals surface area (Å²) in [5.74, 6) is 13.1. The fourth-order valence-corrected chi connectivity index (χ4v) is 11.2. The molecule has 0 saturated heterocycles. The second kappa shape index (κ2) is 12.3. The van der Waals surface area contributed by atoms with Crippen molar-refractivity contribution in [3.63, 3.8) is 0 Å². The number of hydrogen-bond donors (Lipinski definition) is 0. The van der Waals surface area contributed by atoms with Crippen LogP contribution in [0.4, 0.5) is 0 Å². The van der Waals surface area contributed by atoms with Crippen LogP contribution in [0.3, 0.4) is 0 Å². The van der Waals surface area contributed by atoms with Gasteiger partial charge in [0.25, 0.3) is 0 Å². The quantitative estimate of drug-likeness (QED) is 0.314. The molecule has 0 aromatic carbocycles. The zero-order chi connectivity index (χ0) is 27.9. The lowest BCUT2D eigenvalue weighted by molar-refractivity contribution is -0.108. The molecule has 0 bridgehead atoms. The van der Waals surface area contributed by atoms with E-state index in [1.54, 1.807) is 0 Å². The molecule has 0 aromatic heterocycles. The van der Waals surface area contributed by atoms with E-state index in [0.717, 1.165) is 88.8 Å². The minimum absolute atomic E-state index is 0.519. The maximum absolute atomic E-state index is 2.76. The monoisotopic (exact) mass is 525 g/mol. The number of rotatable bonds is 5. The molecule has 4 aliphatic carbocycles. The first kappa shape index (κ1) is 30.7. The van der Waals surface area contributed by atoms with E-state index in [0.29, 0.717) is 5.41 Å². The lowest BCUT2D eigenvalue weighted by atomic mass is 9.45. The molecule has 3 fully saturated rings. The van der Waals surface area contributed by atoms with Gasteiger partial charge in [-0.3, -0.25) is 0 Å². The Morgan fingerprint density at radius 2 is 1.42 bits per heavy atom. The van der Waals surface area contributed by atoms with Crippen molar-refractivity contribution in [2.45, 2.75) is 134 Å². The molecule has 0 N–H and O–H groups in total.